The van der Waals surface area contributed by atoms with Crippen molar-refractivity contribution in [2.45, 2.75) is 13.0 Å². The summed E-state index contributed by atoms with van der Waals surface area (Å²) in [5.41, 5.74) is 2.50. The van der Waals surface area contributed by atoms with E-state index in [2.05, 4.69) is 52.9 Å². The SMILES string of the molecule is C=CC(NC)c1cc(C)ccc1Br. The summed E-state index contributed by atoms with van der Waals surface area (Å²) < 4.78 is 1.12. The van der Waals surface area contributed by atoms with Crippen LogP contribution in [0.5, 0.6) is 0 Å². The van der Waals surface area contributed by atoms with E-state index in [1.165, 1.54) is 11.1 Å². The smallest absolute Gasteiger partial charge is 0.0512 e. The minimum atomic E-state index is 0.217. The highest BCUT2D eigenvalue weighted by molar-refractivity contribution is 9.10. The highest BCUT2D eigenvalue weighted by Gasteiger charge is 2.08. The highest BCUT2D eigenvalue weighted by atomic mass is 79.9. The molecule has 2 heteroatoms. The van der Waals surface area contributed by atoms with Gasteiger partial charge in [-0.3, -0.25) is 0 Å². The topological polar surface area (TPSA) is 12.0 Å². The van der Waals surface area contributed by atoms with Gasteiger partial charge in [0.2, 0.25) is 0 Å². The molecule has 1 nitrogen and oxygen atoms in total. The standard InChI is InChI=1S/C11H14BrN/c1-4-11(13-3)9-7-8(2)5-6-10(9)12/h4-7,11,13H,1H2,2-3H3. The Morgan fingerprint density at radius 1 is 1.54 bits per heavy atom. The molecule has 0 saturated heterocycles. The maximum atomic E-state index is 3.80. The zero-order valence-electron chi connectivity index (χ0n) is 7.97. The molecule has 0 aliphatic rings. The first-order valence-electron chi connectivity index (χ1n) is 4.25. The molecule has 0 fully saturated rings. The number of nitrogens with one attached hydrogen (secondary N) is 1. The molecule has 13 heavy (non-hydrogen) atoms. The van der Waals surface area contributed by atoms with Crippen molar-refractivity contribution in [2.24, 2.45) is 0 Å². The summed E-state index contributed by atoms with van der Waals surface area (Å²) >= 11 is 3.52. The van der Waals surface area contributed by atoms with Gasteiger partial charge in [-0.15, -0.1) is 6.58 Å². The molecule has 1 atom stereocenters. The fourth-order valence-electron chi connectivity index (χ4n) is 1.30. The van der Waals surface area contributed by atoms with Crippen molar-refractivity contribution in [1.82, 2.24) is 5.32 Å². The third kappa shape index (κ3) is 2.42. The molecular formula is C11H14BrN. The first-order chi connectivity index (χ1) is 6.19. The molecule has 0 bridgehead atoms. The molecule has 0 amide bonds. The average molecular weight is 240 g/mol. The lowest BCUT2D eigenvalue weighted by Crippen LogP contribution is -2.14. The van der Waals surface area contributed by atoms with Crippen molar-refractivity contribution >= 4 is 15.9 Å². The van der Waals surface area contributed by atoms with Crippen LogP contribution in [-0.2, 0) is 0 Å². The van der Waals surface area contributed by atoms with Gasteiger partial charge in [0.25, 0.3) is 0 Å². The molecule has 0 spiro atoms. The van der Waals surface area contributed by atoms with Gasteiger partial charge < -0.3 is 5.32 Å². The molecule has 1 N–H and O–H groups in total. The van der Waals surface area contributed by atoms with E-state index in [1.807, 2.05) is 13.1 Å². The summed E-state index contributed by atoms with van der Waals surface area (Å²) in [4.78, 5) is 0. The van der Waals surface area contributed by atoms with Crippen LogP contribution in [0.15, 0.2) is 35.3 Å². The van der Waals surface area contributed by atoms with Gasteiger partial charge in [-0.05, 0) is 25.6 Å². The second-order valence-corrected chi connectivity index (χ2v) is 3.88. The molecule has 0 aromatic heterocycles. The number of benzene rings is 1. The Kier molecular flexibility index (Phi) is 3.70. The van der Waals surface area contributed by atoms with E-state index >= 15 is 0 Å². The van der Waals surface area contributed by atoms with Crippen molar-refractivity contribution in [3.8, 4) is 0 Å². The van der Waals surface area contributed by atoms with Gasteiger partial charge in [0, 0.05) is 4.47 Å². The van der Waals surface area contributed by atoms with Crippen LogP contribution >= 0.6 is 15.9 Å². The molecule has 1 aromatic rings. The maximum absolute atomic E-state index is 3.80. The summed E-state index contributed by atoms with van der Waals surface area (Å²) in [6.45, 7) is 5.88. The fourth-order valence-corrected chi connectivity index (χ4v) is 1.80. The van der Waals surface area contributed by atoms with Crippen LogP contribution in [0, 0.1) is 6.92 Å². The Hall–Kier alpha value is -0.600. The lowest BCUT2D eigenvalue weighted by Gasteiger charge is -2.14. The van der Waals surface area contributed by atoms with E-state index in [9.17, 15) is 0 Å². The summed E-state index contributed by atoms with van der Waals surface area (Å²) in [5, 5.41) is 3.19. The van der Waals surface area contributed by atoms with Crippen molar-refractivity contribution in [3.63, 3.8) is 0 Å². The van der Waals surface area contributed by atoms with Crippen LogP contribution in [0.3, 0.4) is 0 Å². The number of hydrogen-bond donors (Lipinski definition) is 1. The number of likely N-dealkylation sites (N-methyl/N-ethyl adjacent to an activating group) is 1. The van der Waals surface area contributed by atoms with Gasteiger partial charge in [0.1, 0.15) is 0 Å². The number of aryl methyl sites for hydroxylation is 1. The molecule has 1 unspecified atom stereocenters. The largest absolute Gasteiger partial charge is 0.310 e. The second-order valence-electron chi connectivity index (χ2n) is 3.03. The highest BCUT2D eigenvalue weighted by Crippen LogP contribution is 2.24. The average Bonchev–Trinajstić information content (AvgIpc) is 2.13. The summed E-state index contributed by atoms with van der Waals surface area (Å²) in [6.07, 6.45) is 1.90. The normalized spacial score (nSPS) is 12.5. The zero-order valence-corrected chi connectivity index (χ0v) is 9.56. The minimum absolute atomic E-state index is 0.217. The Labute approximate surface area is 88.0 Å². The minimum Gasteiger partial charge on any atom is -0.310 e. The van der Waals surface area contributed by atoms with Crippen LogP contribution < -0.4 is 5.32 Å². The van der Waals surface area contributed by atoms with Crippen LogP contribution in [-0.4, -0.2) is 7.05 Å². The maximum Gasteiger partial charge on any atom is 0.0512 e. The van der Waals surface area contributed by atoms with Crippen LogP contribution in [0.2, 0.25) is 0 Å². The predicted molar refractivity (Wildman–Crippen MR) is 60.9 cm³/mol. The molecule has 0 aliphatic heterocycles. The predicted octanol–water partition coefficient (Wildman–Crippen LogP) is 3.20. The van der Waals surface area contributed by atoms with Gasteiger partial charge in [-0.25, -0.2) is 0 Å². The van der Waals surface area contributed by atoms with Crippen molar-refractivity contribution < 1.29 is 0 Å². The van der Waals surface area contributed by atoms with Crippen molar-refractivity contribution in [1.29, 1.82) is 0 Å². The first kappa shape index (κ1) is 10.5. The molecular weight excluding hydrogens is 226 g/mol. The third-order valence-corrected chi connectivity index (χ3v) is 2.76. The summed E-state index contributed by atoms with van der Waals surface area (Å²) in [6, 6.07) is 6.53. The summed E-state index contributed by atoms with van der Waals surface area (Å²) in [5.74, 6) is 0. The van der Waals surface area contributed by atoms with Gasteiger partial charge in [-0.2, -0.15) is 0 Å². The molecule has 70 valence electrons. The van der Waals surface area contributed by atoms with Crippen molar-refractivity contribution in [2.75, 3.05) is 7.05 Å². The Morgan fingerprint density at radius 2 is 2.23 bits per heavy atom. The lowest BCUT2D eigenvalue weighted by molar-refractivity contribution is 0.712. The van der Waals surface area contributed by atoms with Gasteiger partial charge >= 0.3 is 0 Å². The Balaban J connectivity index is 3.10. The quantitative estimate of drug-likeness (QED) is 0.800. The molecule has 0 saturated carbocycles. The molecule has 0 heterocycles. The van der Waals surface area contributed by atoms with Gasteiger partial charge in [0.05, 0.1) is 6.04 Å². The van der Waals surface area contributed by atoms with E-state index in [1.54, 1.807) is 0 Å². The van der Waals surface area contributed by atoms with E-state index in [0.717, 1.165) is 4.47 Å². The van der Waals surface area contributed by atoms with Gasteiger partial charge in [-0.1, -0.05) is 39.7 Å². The number of rotatable bonds is 3. The van der Waals surface area contributed by atoms with E-state index in [0.29, 0.717) is 0 Å². The van der Waals surface area contributed by atoms with E-state index < -0.39 is 0 Å². The first-order valence-corrected chi connectivity index (χ1v) is 5.04. The zero-order chi connectivity index (χ0) is 9.84. The fraction of sp³-hybridized carbons (Fsp3) is 0.273. The third-order valence-electron chi connectivity index (χ3n) is 2.03. The van der Waals surface area contributed by atoms with Crippen LogP contribution in [0.25, 0.3) is 0 Å². The second kappa shape index (κ2) is 4.58. The van der Waals surface area contributed by atoms with Crippen molar-refractivity contribution in [3.05, 3.63) is 46.5 Å². The van der Waals surface area contributed by atoms with Crippen LogP contribution in [0.1, 0.15) is 17.2 Å². The monoisotopic (exact) mass is 239 g/mol. The molecule has 1 rings (SSSR count). The molecule has 0 aliphatic carbocycles. The Morgan fingerprint density at radius 3 is 2.77 bits per heavy atom. The van der Waals surface area contributed by atoms with Crippen LogP contribution in [0.4, 0.5) is 0 Å². The molecule has 0 radical (unpaired) electrons. The Bertz CT molecular complexity index is 307. The van der Waals surface area contributed by atoms with Gasteiger partial charge in [0.15, 0.2) is 0 Å². The lowest BCUT2D eigenvalue weighted by atomic mass is 10.0. The summed E-state index contributed by atoms with van der Waals surface area (Å²) in [7, 11) is 1.93. The number of hydrogen-bond acceptors (Lipinski definition) is 1. The van der Waals surface area contributed by atoms with E-state index in [-0.39, 0.29) is 6.04 Å². The number of halogens is 1. The molecule has 1 aromatic carbocycles. The van der Waals surface area contributed by atoms with E-state index in [4.69, 9.17) is 0 Å².